The number of benzene rings is 1. The Kier molecular flexibility index (Phi) is 3.52. The van der Waals surface area contributed by atoms with Crippen molar-refractivity contribution in [2.24, 2.45) is 0 Å². The fourth-order valence-corrected chi connectivity index (χ4v) is 4.35. The summed E-state index contributed by atoms with van der Waals surface area (Å²) in [4.78, 5) is 19.9. The van der Waals surface area contributed by atoms with Crippen LogP contribution in [0.1, 0.15) is 21.7 Å². The Morgan fingerprint density at radius 3 is 3.00 bits per heavy atom. The molecule has 22 heavy (non-hydrogen) atoms. The van der Waals surface area contributed by atoms with Gasteiger partial charge in [0, 0.05) is 23.2 Å². The highest BCUT2D eigenvalue weighted by atomic mass is 32.1. The van der Waals surface area contributed by atoms with Gasteiger partial charge in [-0.1, -0.05) is 18.2 Å². The maximum atomic E-state index is 12.8. The minimum Gasteiger partial charge on any atom is -0.307 e. The molecule has 3 heterocycles. The first-order valence-corrected chi connectivity index (χ1v) is 8.97. The molecule has 0 atom stereocenters. The molecule has 5 heteroatoms. The lowest BCUT2D eigenvalue weighted by atomic mass is 10.0. The minimum absolute atomic E-state index is 0.0612. The normalized spacial score (nSPS) is 13.9. The van der Waals surface area contributed by atoms with E-state index in [0.29, 0.717) is 4.88 Å². The topological polar surface area (TPSA) is 33.2 Å². The lowest BCUT2D eigenvalue weighted by Crippen LogP contribution is -2.34. The summed E-state index contributed by atoms with van der Waals surface area (Å²) in [7, 11) is 0. The van der Waals surface area contributed by atoms with Crippen LogP contribution in [0.5, 0.6) is 0 Å². The number of para-hydroxylation sites is 1. The van der Waals surface area contributed by atoms with Crippen molar-refractivity contribution in [3.05, 3.63) is 57.7 Å². The molecule has 3 nitrogen and oxygen atoms in total. The van der Waals surface area contributed by atoms with Crippen LogP contribution in [-0.4, -0.2) is 17.4 Å². The summed E-state index contributed by atoms with van der Waals surface area (Å²) < 4.78 is 0. The van der Waals surface area contributed by atoms with E-state index in [9.17, 15) is 4.79 Å². The number of nitrogens with zero attached hydrogens (tertiary/aromatic N) is 2. The lowest BCUT2D eigenvalue weighted by molar-refractivity contribution is 0.0989. The van der Waals surface area contributed by atoms with Crippen LogP contribution in [0.4, 0.5) is 5.69 Å². The number of anilines is 1. The fraction of sp³-hybridized carbons (Fsp3) is 0.176. The third-order valence-corrected chi connectivity index (χ3v) is 5.56. The van der Waals surface area contributed by atoms with E-state index in [1.807, 2.05) is 34.5 Å². The van der Waals surface area contributed by atoms with Crippen LogP contribution in [0.25, 0.3) is 10.6 Å². The zero-order valence-electron chi connectivity index (χ0n) is 11.9. The molecule has 0 aliphatic carbocycles. The second-order valence-electron chi connectivity index (χ2n) is 5.23. The van der Waals surface area contributed by atoms with E-state index >= 15 is 0 Å². The highest BCUT2D eigenvalue weighted by Crippen LogP contribution is 2.31. The Morgan fingerprint density at radius 2 is 2.14 bits per heavy atom. The quantitative estimate of drug-likeness (QED) is 0.696. The Labute approximate surface area is 136 Å². The van der Waals surface area contributed by atoms with Crippen LogP contribution in [0.3, 0.4) is 0 Å². The van der Waals surface area contributed by atoms with Crippen LogP contribution in [-0.2, 0) is 6.42 Å². The summed E-state index contributed by atoms with van der Waals surface area (Å²) >= 11 is 3.11. The molecule has 0 fully saturated rings. The first-order valence-electron chi connectivity index (χ1n) is 7.21. The van der Waals surface area contributed by atoms with E-state index in [-0.39, 0.29) is 5.91 Å². The Morgan fingerprint density at radius 1 is 1.23 bits per heavy atom. The van der Waals surface area contributed by atoms with Crippen molar-refractivity contribution >= 4 is 34.3 Å². The van der Waals surface area contributed by atoms with Gasteiger partial charge in [0.05, 0.1) is 6.20 Å². The molecule has 0 saturated carbocycles. The van der Waals surface area contributed by atoms with Gasteiger partial charge in [-0.3, -0.25) is 4.79 Å². The standard InChI is InChI=1S/C17H14N2OS2/c20-17(15-10-18-16(22-15)13-7-9-21-11-13)19-8-3-5-12-4-1-2-6-14(12)19/h1-2,4,6-7,9-11H,3,5,8H2. The highest BCUT2D eigenvalue weighted by Gasteiger charge is 2.24. The van der Waals surface area contributed by atoms with Crippen molar-refractivity contribution in [1.82, 2.24) is 4.98 Å². The number of aryl methyl sites for hydroxylation is 1. The first kappa shape index (κ1) is 13.7. The monoisotopic (exact) mass is 326 g/mol. The van der Waals surface area contributed by atoms with E-state index in [1.165, 1.54) is 16.9 Å². The molecule has 1 aromatic carbocycles. The van der Waals surface area contributed by atoms with Crippen LogP contribution >= 0.6 is 22.7 Å². The van der Waals surface area contributed by atoms with Gasteiger partial charge in [-0.2, -0.15) is 11.3 Å². The maximum absolute atomic E-state index is 12.8. The number of carbonyl (C=O) groups is 1. The van der Waals surface area contributed by atoms with E-state index < -0.39 is 0 Å². The molecule has 0 bridgehead atoms. The smallest absolute Gasteiger partial charge is 0.270 e. The van der Waals surface area contributed by atoms with Crippen molar-refractivity contribution < 1.29 is 4.79 Å². The maximum Gasteiger partial charge on any atom is 0.270 e. The average Bonchev–Trinajstić information content (AvgIpc) is 3.24. The molecule has 0 N–H and O–H groups in total. The number of thiophene rings is 1. The highest BCUT2D eigenvalue weighted by molar-refractivity contribution is 7.17. The third kappa shape index (κ3) is 2.36. The molecular weight excluding hydrogens is 312 g/mol. The van der Waals surface area contributed by atoms with Crippen molar-refractivity contribution in [3.63, 3.8) is 0 Å². The zero-order chi connectivity index (χ0) is 14.9. The molecule has 110 valence electrons. The van der Waals surface area contributed by atoms with Gasteiger partial charge < -0.3 is 4.90 Å². The van der Waals surface area contributed by atoms with Gasteiger partial charge in [0.1, 0.15) is 9.88 Å². The predicted molar refractivity (Wildman–Crippen MR) is 91.9 cm³/mol. The third-order valence-electron chi connectivity index (χ3n) is 3.84. The first-order chi connectivity index (χ1) is 10.8. The minimum atomic E-state index is 0.0612. The summed E-state index contributed by atoms with van der Waals surface area (Å²) in [5, 5.41) is 5.00. The van der Waals surface area contributed by atoms with Crippen LogP contribution in [0.2, 0.25) is 0 Å². The van der Waals surface area contributed by atoms with Gasteiger partial charge in [-0.15, -0.1) is 11.3 Å². The molecule has 1 aliphatic rings. The van der Waals surface area contributed by atoms with E-state index in [0.717, 1.165) is 35.6 Å². The molecule has 0 saturated heterocycles. The molecule has 1 aliphatic heterocycles. The van der Waals surface area contributed by atoms with Crippen LogP contribution in [0.15, 0.2) is 47.3 Å². The second kappa shape index (κ2) is 5.66. The molecule has 4 rings (SSSR count). The number of fused-ring (bicyclic) bond motifs is 1. The molecule has 0 unspecified atom stereocenters. The number of rotatable bonds is 2. The fourth-order valence-electron chi connectivity index (χ4n) is 2.77. The van der Waals surface area contributed by atoms with Gasteiger partial charge in [0.2, 0.25) is 0 Å². The number of hydrogen-bond acceptors (Lipinski definition) is 4. The summed E-state index contributed by atoms with van der Waals surface area (Å²) in [6.07, 6.45) is 3.76. The number of thiazole rings is 1. The Hall–Kier alpha value is -1.98. The lowest BCUT2D eigenvalue weighted by Gasteiger charge is -2.28. The molecule has 3 aromatic rings. The molecule has 0 spiro atoms. The van der Waals surface area contributed by atoms with E-state index in [2.05, 4.69) is 16.4 Å². The van der Waals surface area contributed by atoms with Gasteiger partial charge in [0.25, 0.3) is 5.91 Å². The summed E-state index contributed by atoms with van der Waals surface area (Å²) in [5.74, 6) is 0.0612. The molecule has 2 aromatic heterocycles. The summed E-state index contributed by atoms with van der Waals surface area (Å²) in [6.45, 7) is 0.779. The second-order valence-corrected chi connectivity index (χ2v) is 7.04. The van der Waals surface area contributed by atoms with Crippen LogP contribution < -0.4 is 4.90 Å². The van der Waals surface area contributed by atoms with Crippen LogP contribution in [0, 0.1) is 0 Å². The van der Waals surface area contributed by atoms with Gasteiger partial charge in [0.15, 0.2) is 0 Å². The predicted octanol–water partition coefficient (Wildman–Crippen LogP) is 4.46. The number of aromatic nitrogens is 1. The van der Waals surface area contributed by atoms with Crippen molar-refractivity contribution in [2.75, 3.05) is 11.4 Å². The largest absolute Gasteiger partial charge is 0.307 e. The SMILES string of the molecule is O=C(c1cnc(-c2ccsc2)s1)N1CCCc2ccccc21. The van der Waals surface area contributed by atoms with Crippen molar-refractivity contribution in [3.8, 4) is 10.6 Å². The van der Waals surface area contributed by atoms with Crippen molar-refractivity contribution in [1.29, 1.82) is 0 Å². The van der Waals surface area contributed by atoms with Gasteiger partial charge >= 0.3 is 0 Å². The number of carbonyl (C=O) groups excluding carboxylic acids is 1. The molecule has 0 radical (unpaired) electrons. The average molecular weight is 326 g/mol. The Bertz CT molecular complexity index is 808. The van der Waals surface area contributed by atoms with E-state index in [4.69, 9.17) is 0 Å². The number of hydrogen-bond donors (Lipinski definition) is 0. The van der Waals surface area contributed by atoms with Gasteiger partial charge in [-0.05, 0) is 35.9 Å². The molecular formula is C17H14N2OS2. The number of amides is 1. The van der Waals surface area contributed by atoms with E-state index in [1.54, 1.807) is 17.5 Å². The van der Waals surface area contributed by atoms with Crippen molar-refractivity contribution in [2.45, 2.75) is 12.8 Å². The summed E-state index contributed by atoms with van der Waals surface area (Å²) in [5.41, 5.74) is 3.39. The van der Waals surface area contributed by atoms with Gasteiger partial charge in [-0.25, -0.2) is 4.98 Å². The Balaban J connectivity index is 1.66. The summed E-state index contributed by atoms with van der Waals surface area (Å²) in [6, 6.07) is 10.2. The molecule has 1 amide bonds. The zero-order valence-corrected chi connectivity index (χ0v) is 13.5.